The molecule has 0 saturated heterocycles. The standard InChI is InChI=1S/C14H12N2O4S/c1-8-10(6-18-14(15)17)9-3-2-4-11(13(9)19-8)20-12-5-16-7-21-12/h2-5,7H,6H2,1H3,(H2,15,17). The summed E-state index contributed by atoms with van der Waals surface area (Å²) in [7, 11) is 0. The maximum absolute atomic E-state index is 10.8. The predicted molar refractivity (Wildman–Crippen MR) is 77.5 cm³/mol. The average Bonchev–Trinajstić information content (AvgIpc) is 3.04. The van der Waals surface area contributed by atoms with E-state index in [1.807, 2.05) is 18.2 Å². The van der Waals surface area contributed by atoms with Crippen LogP contribution in [0.1, 0.15) is 11.3 Å². The summed E-state index contributed by atoms with van der Waals surface area (Å²) in [6.07, 6.45) is 0.817. The highest BCUT2D eigenvalue weighted by atomic mass is 32.1. The second kappa shape index (κ2) is 5.45. The zero-order chi connectivity index (χ0) is 14.8. The highest BCUT2D eigenvalue weighted by molar-refractivity contribution is 7.11. The fraction of sp³-hybridized carbons (Fsp3) is 0.143. The maximum atomic E-state index is 10.8. The van der Waals surface area contributed by atoms with Gasteiger partial charge in [-0.15, -0.1) is 0 Å². The van der Waals surface area contributed by atoms with Gasteiger partial charge in [0.05, 0.1) is 11.7 Å². The number of benzene rings is 1. The number of thiazole rings is 1. The lowest BCUT2D eigenvalue weighted by Gasteiger charge is -2.03. The van der Waals surface area contributed by atoms with Crippen LogP contribution in [0.3, 0.4) is 0 Å². The summed E-state index contributed by atoms with van der Waals surface area (Å²) in [6.45, 7) is 1.87. The third-order valence-electron chi connectivity index (χ3n) is 2.96. The van der Waals surface area contributed by atoms with Gasteiger partial charge in [-0.2, -0.15) is 0 Å². The topological polar surface area (TPSA) is 87.6 Å². The molecule has 0 atom stereocenters. The summed E-state index contributed by atoms with van der Waals surface area (Å²) in [5.74, 6) is 1.25. The maximum Gasteiger partial charge on any atom is 0.404 e. The number of furan rings is 1. The van der Waals surface area contributed by atoms with Gasteiger partial charge in [-0.1, -0.05) is 23.5 Å². The van der Waals surface area contributed by atoms with Crippen molar-refractivity contribution in [3.05, 3.63) is 41.2 Å². The van der Waals surface area contributed by atoms with E-state index in [1.165, 1.54) is 11.3 Å². The lowest BCUT2D eigenvalue weighted by molar-refractivity contribution is 0.150. The fourth-order valence-electron chi connectivity index (χ4n) is 2.03. The number of hydrogen-bond donors (Lipinski definition) is 1. The SMILES string of the molecule is Cc1oc2c(Oc3cncs3)cccc2c1COC(N)=O. The number of fused-ring (bicyclic) bond motifs is 1. The van der Waals surface area contributed by atoms with E-state index in [0.29, 0.717) is 22.2 Å². The number of hydrogen-bond acceptors (Lipinski definition) is 6. The smallest absolute Gasteiger partial charge is 0.404 e. The molecule has 0 spiro atoms. The molecular weight excluding hydrogens is 292 g/mol. The first-order valence-electron chi connectivity index (χ1n) is 6.14. The molecule has 1 aromatic carbocycles. The molecular formula is C14H12N2O4S. The number of amides is 1. The van der Waals surface area contributed by atoms with Crippen LogP contribution in [0.25, 0.3) is 11.0 Å². The van der Waals surface area contributed by atoms with Crippen molar-refractivity contribution in [2.45, 2.75) is 13.5 Å². The Morgan fingerprint density at radius 1 is 1.48 bits per heavy atom. The van der Waals surface area contributed by atoms with E-state index >= 15 is 0 Å². The second-order valence-electron chi connectivity index (χ2n) is 4.30. The number of nitrogens with two attached hydrogens (primary N) is 1. The van der Waals surface area contributed by atoms with Crippen molar-refractivity contribution in [2.75, 3.05) is 0 Å². The zero-order valence-electron chi connectivity index (χ0n) is 11.2. The first-order valence-corrected chi connectivity index (χ1v) is 7.02. The number of ether oxygens (including phenoxy) is 2. The van der Waals surface area contributed by atoms with Gasteiger partial charge in [-0.05, 0) is 13.0 Å². The van der Waals surface area contributed by atoms with Crippen molar-refractivity contribution < 1.29 is 18.7 Å². The van der Waals surface area contributed by atoms with Crippen molar-refractivity contribution in [3.8, 4) is 10.8 Å². The van der Waals surface area contributed by atoms with Crippen LogP contribution in [-0.4, -0.2) is 11.1 Å². The Labute approximate surface area is 124 Å². The van der Waals surface area contributed by atoms with Crippen molar-refractivity contribution in [1.29, 1.82) is 0 Å². The molecule has 0 unspecified atom stereocenters. The number of carbonyl (C=O) groups is 1. The van der Waals surface area contributed by atoms with Gasteiger partial charge in [0.15, 0.2) is 11.3 Å². The molecule has 3 aromatic rings. The third-order valence-corrected chi connectivity index (χ3v) is 3.61. The summed E-state index contributed by atoms with van der Waals surface area (Å²) < 4.78 is 16.3. The van der Waals surface area contributed by atoms with Crippen LogP contribution < -0.4 is 10.5 Å². The van der Waals surface area contributed by atoms with Gasteiger partial charge in [0.2, 0.25) is 5.06 Å². The summed E-state index contributed by atoms with van der Waals surface area (Å²) in [5, 5.41) is 1.50. The number of aryl methyl sites for hydroxylation is 1. The number of carbonyl (C=O) groups excluding carboxylic acids is 1. The summed E-state index contributed by atoms with van der Waals surface area (Å²) in [4.78, 5) is 14.7. The molecule has 0 fully saturated rings. The normalized spacial score (nSPS) is 10.7. The van der Waals surface area contributed by atoms with Crippen LogP contribution in [0, 0.1) is 6.92 Å². The molecule has 0 radical (unpaired) electrons. The van der Waals surface area contributed by atoms with Crippen LogP contribution in [0.15, 0.2) is 34.3 Å². The Bertz CT molecular complexity index is 780. The van der Waals surface area contributed by atoms with Crippen molar-refractivity contribution in [1.82, 2.24) is 4.98 Å². The molecule has 1 amide bonds. The Kier molecular flexibility index (Phi) is 3.49. The van der Waals surface area contributed by atoms with Crippen LogP contribution >= 0.6 is 11.3 Å². The molecule has 21 heavy (non-hydrogen) atoms. The van der Waals surface area contributed by atoms with Gasteiger partial charge in [-0.3, -0.25) is 0 Å². The molecule has 3 rings (SSSR count). The number of para-hydroxylation sites is 1. The van der Waals surface area contributed by atoms with Gasteiger partial charge in [0, 0.05) is 10.9 Å². The minimum Gasteiger partial charge on any atom is -0.457 e. The van der Waals surface area contributed by atoms with Gasteiger partial charge >= 0.3 is 6.09 Å². The minimum absolute atomic E-state index is 0.0676. The van der Waals surface area contributed by atoms with Crippen molar-refractivity contribution >= 4 is 28.4 Å². The Hall–Kier alpha value is -2.54. The quantitative estimate of drug-likeness (QED) is 0.795. The van der Waals surface area contributed by atoms with E-state index in [2.05, 4.69) is 4.98 Å². The van der Waals surface area contributed by atoms with E-state index in [4.69, 9.17) is 19.6 Å². The van der Waals surface area contributed by atoms with E-state index in [-0.39, 0.29) is 6.61 Å². The summed E-state index contributed by atoms with van der Waals surface area (Å²) in [5.41, 5.74) is 8.07. The molecule has 0 aliphatic heterocycles. The minimum atomic E-state index is -0.819. The molecule has 2 heterocycles. The van der Waals surface area contributed by atoms with E-state index in [9.17, 15) is 4.79 Å². The van der Waals surface area contributed by atoms with E-state index < -0.39 is 6.09 Å². The first kappa shape index (κ1) is 13.4. The number of rotatable bonds is 4. The molecule has 6 nitrogen and oxygen atoms in total. The van der Waals surface area contributed by atoms with E-state index in [0.717, 1.165) is 10.9 Å². The lowest BCUT2D eigenvalue weighted by atomic mass is 10.1. The van der Waals surface area contributed by atoms with Gasteiger partial charge < -0.3 is 19.6 Å². The fourth-order valence-corrected chi connectivity index (χ4v) is 2.51. The van der Waals surface area contributed by atoms with Crippen LogP contribution in [-0.2, 0) is 11.3 Å². The largest absolute Gasteiger partial charge is 0.457 e. The Balaban J connectivity index is 2.00. The Morgan fingerprint density at radius 2 is 2.33 bits per heavy atom. The molecule has 7 heteroatoms. The highest BCUT2D eigenvalue weighted by Gasteiger charge is 2.16. The first-order chi connectivity index (χ1) is 10.1. The molecule has 108 valence electrons. The van der Waals surface area contributed by atoms with Gasteiger partial charge in [0.1, 0.15) is 12.4 Å². The van der Waals surface area contributed by atoms with Gasteiger partial charge in [0.25, 0.3) is 0 Å². The van der Waals surface area contributed by atoms with E-state index in [1.54, 1.807) is 18.6 Å². The molecule has 0 aliphatic carbocycles. The summed E-state index contributed by atoms with van der Waals surface area (Å²) >= 11 is 1.39. The molecule has 0 aliphatic rings. The lowest BCUT2D eigenvalue weighted by Crippen LogP contribution is -2.12. The van der Waals surface area contributed by atoms with Gasteiger partial charge in [-0.25, -0.2) is 9.78 Å². The average molecular weight is 304 g/mol. The van der Waals surface area contributed by atoms with Crippen LogP contribution in [0.2, 0.25) is 0 Å². The summed E-state index contributed by atoms with van der Waals surface area (Å²) in [6, 6.07) is 5.54. The molecule has 2 N–H and O–H groups in total. The number of nitrogens with zero attached hydrogens (tertiary/aromatic N) is 1. The monoisotopic (exact) mass is 304 g/mol. The van der Waals surface area contributed by atoms with Crippen molar-refractivity contribution in [3.63, 3.8) is 0 Å². The number of aromatic nitrogens is 1. The zero-order valence-corrected chi connectivity index (χ0v) is 12.0. The second-order valence-corrected chi connectivity index (χ2v) is 5.15. The van der Waals surface area contributed by atoms with Crippen LogP contribution in [0.4, 0.5) is 4.79 Å². The third kappa shape index (κ3) is 2.68. The van der Waals surface area contributed by atoms with Crippen molar-refractivity contribution in [2.24, 2.45) is 5.73 Å². The highest BCUT2D eigenvalue weighted by Crippen LogP contribution is 2.36. The molecule has 2 aromatic heterocycles. The molecule has 0 bridgehead atoms. The number of primary amides is 1. The molecule has 0 saturated carbocycles. The van der Waals surface area contributed by atoms with Crippen LogP contribution in [0.5, 0.6) is 10.8 Å². The Morgan fingerprint density at radius 3 is 3.05 bits per heavy atom. The predicted octanol–water partition coefficient (Wildman–Crippen LogP) is 3.59.